The lowest BCUT2D eigenvalue weighted by Crippen LogP contribution is -2.59. The highest BCUT2D eigenvalue weighted by atomic mass is 16.6. The van der Waals surface area contributed by atoms with Gasteiger partial charge >= 0.3 is 5.97 Å². The Kier molecular flexibility index (Phi) is 5.77. The second-order valence-corrected chi connectivity index (χ2v) is 16.3. The van der Waals surface area contributed by atoms with Crippen LogP contribution in [0.1, 0.15) is 107 Å². The first-order chi connectivity index (χ1) is 17.5. The van der Waals surface area contributed by atoms with E-state index in [9.17, 15) is 20.1 Å². The second kappa shape index (κ2) is 7.98. The van der Waals surface area contributed by atoms with E-state index in [2.05, 4.69) is 34.6 Å². The first-order valence-electron chi connectivity index (χ1n) is 15.4. The Hall–Kier alpha value is -0.690. The van der Waals surface area contributed by atoms with Crippen LogP contribution in [0, 0.1) is 50.7 Å². The fourth-order valence-corrected chi connectivity index (χ4v) is 12.4. The number of aliphatic hydroxyl groups is 3. The molecule has 13 atom stereocenters. The molecule has 38 heavy (non-hydrogen) atoms. The Bertz CT molecular complexity index is 1000. The van der Waals surface area contributed by atoms with Crippen LogP contribution in [-0.4, -0.2) is 57.4 Å². The van der Waals surface area contributed by atoms with Crippen molar-refractivity contribution in [1.82, 2.24) is 0 Å². The van der Waals surface area contributed by atoms with Gasteiger partial charge in [-0.1, -0.05) is 34.6 Å². The average Bonchev–Trinajstić information content (AvgIpc) is 3.44. The highest BCUT2D eigenvalue weighted by Gasteiger charge is 2.84. The zero-order valence-electron chi connectivity index (χ0n) is 24.9. The number of fused-ring (bicyclic) bond motifs is 4. The summed E-state index contributed by atoms with van der Waals surface area (Å²) in [5.74, 6) is 1.09. The monoisotopic (exact) mass is 532 g/mol. The molecule has 0 aromatic rings. The molecular formula is C32H52O6. The molecule has 6 heteroatoms. The van der Waals surface area contributed by atoms with Gasteiger partial charge in [0, 0.05) is 12.3 Å². The molecular weight excluding hydrogens is 480 g/mol. The Morgan fingerprint density at radius 2 is 1.63 bits per heavy atom. The molecule has 6 rings (SSSR count). The van der Waals surface area contributed by atoms with Crippen molar-refractivity contribution in [3.8, 4) is 0 Å². The van der Waals surface area contributed by atoms with Gasteiger partial charge in [0.1, 0.15) is 0 Å². The molecule has 2 spiro atoms. The molecule has 1 saturated heterocycles. The first-order valence-corrected chi connectivity index (χ1v) is 15.4. The molecule has 1 aliphatic heterocycles. The molecule has 216 valence electrons. The van der Waals surface area contributed by atoms with Crippen LogP contribution in [0.3, 0.4) is 0 Å². The van der Waals surface area contributed by atoms with Crippen LogP contribution in [0.2, 0.25) is 0 Å². The quantitative estimate of drug-likeness (QED) is 0.449. The molecule has 0 bridgehead atoms. The van der Waals surface area contributed by atoms with Gasteiger partial charge in [-0.25, -0.2) is 0 Å². The number of esters is 1. The Morgan fingerprint density at radius 3 is 2.26 bits per heavy atom. The van der Waals surface area contributed by atoms with Gasteiger partial charge < -0.3 is 24.8 Å². The first kappa shape index (κ1) is 27.5. The zero-order valence-corrected chi connectivity index (χ0v) is 24.9. The van der Waals surface area contributed by atoms with Crippen LogP contribution in [0.5, 0.6) is 0 Å². The number of hydrogen-bond acceptors (Lipinski definition) is 6. The lowest BCUT2D eigenvalue weighted by molar-refractivity contribution is -0.216. The molecule has 6 nitrogen and oxygen atoms in total. The van der Waals surface area contributed by atoms with E-state index in [1.807, 2.05) is 0 Å². The molecule has 0 radical (unpaired) electrons. The fourth-order valence-electron chi connectivity index (χ4n) is 12.4. The molecule has 1 heterocycles. The van der Waals surface area contributed by atoms with E-state index < -0.39 is 29.9 Å². The fraction of sp³-hybridized carbons (Fsp3) is 0.969. The molecule has 6 fully saturated rings. The minimum absolute atomic E-state index is 0.0383. The lowest BCUT2D eigenvalue weighted by Gasteiger charge is -2.63. The summed E-state index contributed by atoms with van der Waals surface area (Å²) >= 11 is 0. The van der Waals surface area contributed by atoms with E-state index in [0.717, 1.165) is 32.1 Å². The van der Waals surface area contributed by atoms with Crippen molar-refractivity contribution in [3.63, 3.8) is 0 Å². The van der Waals surface area contributed by atoms with Crippen molar-refractivity contribution in [1.29, 1.82) is 0 Å². The normalized spacial score (nSPS) is 55.4. The summed E-state index contributed by atoms with van der Waals surface area (Å²) in [4.78, 5) is 11.9. The third-order valence-electron chi connectivity index (χ3n) is 14.1. The lowest BCUT2D eigenvalue weighted by atomic mass is 9.41. The number of carbonyl (C=O) groups is 1. The number of carbonyl (C=O) groups excluding carboxylic acids is 1. The minimum atomic E-state index is -1.24. The maximum Gasteiger partial charge on any atom is 0.303 e. The van der Waals surface area contributed by atoms with Gasteiger partial charge in [-0.3, -0.25) is 4.79 Å². The number of hydrogen-bond donors (Lipinski definition) is 3. The van der Waals surface area contributed by atoms with E-state index in [1.54, 1.807) is 13.8 Å². The zero-order chi connectivity index (χ0) is 27.8. The highest BCUT2D eigenvalue weighted by molar-refractivity contribution is 5.66. The van der Waals surface area contributed by atoms with Crippen molar-refractivity contribution in [3.05, 3.63) is 0 Å². The Labute approximate surface area is 229 Å². The van der Waals surface area contributed by atoms with Crippen LogP contribution >= 0.6 is 0 Å². The maximum atomic E-state index is 12.3. The molecule has 6 aliphatic rings. The highest BCUT2D eigenvalue weighted by Crippen LogP contribution is 2.89. The summed E-state index contributed by atoms with van der Waals surface area (Å²) in [6.07, 6.45) is 6.19. The van der Waals surface area contributed by atoms with Crippen LogP contribution in [0.25, 0.3) is 0 Å². The van der Waals surface area contributed by atoms with Crippen LogP contribution in [-0.2, 0) is 14.3 Å². The van der Waals surface area contributed by atoms with Crippen molar-refractivity contribution in [2.45, 2.75) is 143 Å². The molecule has 0 aromatic heterocycles. The largest absolute Gasteiger partial charge is 0.457 e. The third-order valence-corrected chi connectivity index (χ3v) is 14.1. The Morgan fingerprint density at radius 1 is 1.00 bits per heavy atom. The van der Waals surface area contributed by atoms with Gasteiger partial charge in [-0.15, -0.1) is 0 Å². The number of aliphatic hydroxyl groups excluding tert-OH is 2. The summed E-state index contributed by atoms with van der Waals surface area (Å²) in [6.45, 7) is 16.4. The predicted octanol–water partition coefficient (Wildman–Crippen LogP) is 4.86. The maximum absolute atomic E-state index is 12.3. The van der Waals surface area contributed by atoms with Crippen molar-refractivity contribution < 1.29 is 29.6 Å². The van der Waals surface area contributed by atoms with Crippen molar-refractivity contribution in [2.75, 3.05) is 0 Å². The van der Waals surface area contributed by atoms with Crippen LogP contribution < -0.4 is 0 Å². The number of ether oxygens (including phenoxy) is 2. The second-order valence-electron chi connectivity index (χ2n) is 16.3. The van der Waals surface area contributed by atoms with E-state index in [0.29, 0.717) is 23.7 Å². The van der Waals surface area contributed by atoms with Gasteiger partial charge in [0.15, 0.2) is 6.10 Å². The van der Waals surface area contributed by atoms with Crippen LogP contribution in [0.15, 0.2) is 0 Å². The predicted molar refractivity (Wildman–Crippen MR) is 144 cm³/mol. The standard InChI is InChI=1S/C32H52O6/c1-17-15-19(26(28(5,6)36)37-18(2)33)38-24-23(17)29(7)13-14-32-16-31(32)12-11-22(34)27(3,4)20(31)9-10-21(32)30(29,8)25(24)35/h17,19-26,34-36H,9-16H2,1-8H3/t17?,19-,20?,21+,22+,23+,24+,25+,26+,29-,30-,31-,32+/m1/s1. The van der Waals surface area contributed by atoms with E-state index >= 15 is 0 Å². The Balaban J connectivity index is 1.35. The molecule has 0 amide bonds. The van der Waals surface area contributed by atoms with Gasteiger partial charge in [0.05, 0.1) is 30.0 Å². The van der Waals surface area contributed by atoms with Crippen molar-refractivity contribution >= 4 is 5.97 Å². The van der Waals surface area contributed by atoms with Crippen LogP contribution in [0.4, 0.5) is 0 Å². The summed E-state index contributed by atoms with van der Waals surface area (Å²) in [6, 6.07) is 0. The molecule has 3 N–H and O–H groups in total. The van der Waals surface area contributed by atoms with Gasteiger partial charge in [-0.2, -0.15) is 0 Å². The van der Waals surface area contributed by atoms with Gasteiger partial charge in [0.2, 0.25) is 0 Å². The van der Waals surface area contributed by atoms with Gasteiger partial charge in [0.25, 0.3) is 0 Å². The average molecular weight is 533 g/mol. The molecule has 2 unspecified atom stereocenters. The molecule has 0 aromatic carbocycles. The summed E-state index contributed by atoms with van der Waals surface area (Å²) < 4.78 is 12.4. The van der Waals surface area contributed by atoms with E-state index in [-0.39, 0.29) is 45.7 Å². The summed E-state index contributed by atoms with van der Waals surface area (Å²) in [5, 5.41) is 34.2. The van der Waals surface area contributed by atoms with E-state index in [1.165, 1.54) is 19.8 Å². The smallest absolute Gasteiger partial charge is 0.303 e. The third kappa shape index (κ3) is 3.13. The number of rotatable bonds is 3. The molecule has 5 saturated carbocycles. The van der Waals surface area contributed by atoms with E-state index in [4.69, 9.17) is 9.47 Å². The molecule has 5 aliphatic carbocycles. The van der Waals surface area contributed by atoms with Crippen molar-refractivity contribution in [2.24, 2.45) is 50.7 Å². The minimum Gasteiger partial charge on any atom is -0.457 e. The topological polar surface area (TPSA) is 96.2 Å². The summed E-state index contributed by atoms with van der Waals surface area (Å²) in [7, 11) is 0. The SMILES string of the molecule is CC(=O)O[C@@H]([C@H]1CC(C)[C@H]2[C@H](O1)[C@H](O)[C@@]1(C)[C@@H]3CCC4C(C)(C)[C@@H](O)CC[C@@]45C[C@@]35CC[C@]21C)C(C)(C)O. The summed E-state index contributed by atoms with van der Waals surface area (Å²) in [5.41, 5.74) is -1.01. The van der Waals surface area contributed by atoms with Gasteiger partial charge in [-0.05, 0) is 111 Å².